The number of halogens is 1. The van der Waals surface area contributed by atoms with Crippen molar-refractivity contribution < 1.29 is 4.79 Å². The highest BCUT2D eigenvalue weighted by molar-refractivity contribution is 6.34. The predicted molar refractivity (Wildman–Crippen MR) is 62.8 cm³/mol. The van der Waals surface area contributed by atoms with Gasteiger partial charge in [0.2, 0.25) is 0 Å². The molecule has 16 heavy (non-hydrogen) atoms. The van der Waals surface area contributed by atoms with Crippen LogP contribution in [-0.2, 0) is 6.54 Å². The second-order valence-corrected chi connectivity index (χ2v) is 4.44. The van der Waals surface area contributed by atoms with Gasteiger partial charge in [0.1, 0.15) is 5.69 Å². The number of hydrogen-bond acceptors (Lipinski definition) is 2. The quantitative estimate of drug-likeness (QED) is 0.795. The normalized spacial score (nSPS) is 15.8. The monoisotopic (exact) mass is 241 g/mol. The molecule has 2 heterocycles. The van der Waals surface area contributed by atoms with Crippen LogP contribution in [0.1, 0.15) is 35.9 Å². The Morgan fingerprint density at radius 1 is 1.44 bits per heavy atom. The van der Waals surface area contributed by atoms with E-state index in [1.54, 1.807) is 4.68 Å². The number of nitrogens with zero attached hydrogens (tertiary/aromatic N) is 3. The van der Waals surface area contributed by atoms with Gasteiger partial charge in [0.05, 0.1) is 10.7 Å². The molecule has 0 atom stereocenters. The van der Waals surface area contributed by atoms with E-state index in [0.717, 1.165) is 31.6 Å². The number of rotatable bonds is 2. The lowest BCUT2D eigenvalue weighted by Crippen LogP contribution is -2.30. The van der Waals surface area contributed by atoms with Crippen molar-refractivity contribution in [3.05, 3.63) is 16.4 Å². The third-order valence-electron chi connectivity index (χ3n) is 2.95. The SMILES string of the molecule is CCn1nc(C)c(Cl)c1C(=O)N1CCCC1. The number of carbonyl (C=O) groups is 1. The topological polar surface area (TPSA) is 38.1 Å². The van der Waals surface area contributed by atoms with Gasteiger partial charge in [-0.05, 0) is 26.7 Å². The van der Waals surface area contributed by atoms with Crippen LogP contribution in [0.2, 0.25) is 5.02 Å². The number of likely N-dealkylation sites (tertiary alicyclic amines) is 1. The molecule has 0 saturated carbocycles. The van der Waals surface area contributed by atoms with Crippen LogP contribution in [0.25, 0.3) is 0 Å². The minimum atomic E-state index is 0.0185. The maximum atomic E-state index is 12.2. The summed E-state index contributed by atoms with van der Waals surface area (Å²) in [6.07, 6.45) is 2.17. The maximum absolute atomic E-state index is 12.2. The average molecular weight is 242 g/mol. The molecule has 0 spiro atoms. The summed E-state index contributed by atoms with van der Waals surface area (Å²) in [5.74, 6) is 0.0185. The van der Waals surface area contributed by atoms with E-state index >= 15 is 0 Å². The largest absolute Gasteiger partial charge is 0.337 e. The lowest BCUT2D eigenvalue weighted by Gasteiger charge is -2.15. The van der Waals surface area contributed by atoms with Crippen LogP contribution in [0.3, 0.4) is 0 Å². The summed E-state index contributed by atoms with van der Waals surface area (Å²) in [7, 11) is 0. The van der Waals surface area contributed by atoms with Gasteiger partial charge in [0.25, 0.3) is 5.91 Å². The molecule has 0 radical (unpaired) electrons. The van der Waals surface area contributed by atoms with E-state index in [0.29, 0.717) is 17.3 Å². The third kappa shape index (κ3) is 1.82. The molecule has 1 amide bonds. The van der Waals surface area contributed by atoms with Gasteiger partial charge in [-0.3, -0.25) is 9.48 Å². The molecule has 0 unspecified atom stereocenters. The summed E-state index contributed by atoms with van der Waals surface area (Å²) in [6, 6.07) is 0. The molecule has 0 N–H and O–H groups in total. The van der Waals surface area contributed by atoms with Gasteiger partial charge < -0.3 is 4.90 Å². The molecule has 0 aliphatic carbocycles. The molecule has 1 aromatic rings. The van der Waals surface area contributed by atoms with Gasteiger partial charge >= 0.3 is 0 Å². The molecular weight excluding hydrogens is 226 g/mol. The molecule has 88 valence electrons. The molecule has 1 aliphatic rings. The Morgan fingerprint density at radius 3 is 2.62 bits per heavy atom. The molecule has 1 aromatic heterocycles. The summed E-state index contributed by atoms with van der Waals surface area (Å²) in [5, 5.41) is 4.76. The van der Waals surface area contributed by atoms with Gasteiger partial charge in [0, 0.05) is 19.6 Å². The number of aromatic nitrogens is 2. The Bertz CT molecular complexity index is 408. The van der Waals surface area contributed by atoms with Gasteiger partial charge in [-0.25, -0.2) is 0 Å². The highest BCUT2D eigenvalue weighted by Crippen LogP contribution is 2.23. The van der Waals surface area contributed by atoms with Crippen molar-refractivity contribution in [1.29, 1.82) is 0 Å². The van der Waals surface area contributed by atoms with E-state index in [1.807, 2.05) is 18.7 Å². The fourth-order valence-corrected chi connectivity index (χ4v) is 2.28. The summed E-state index contributed by atoms with van der Waals surface area (Å²) in [6.45, 7) is 6.13. The van der Waals surface area contributed by atoms with Crippen molar-refractivity contribution in [2.75, 3.05) is 13.1 Å². The van der Waals surface area contributed by atoms with E-state index in [9.17, 15) is 4.79 Å². The van der Waals surface area contributed by atoms with E-state index < -0.39 is 0 Å². The molecule has 4 nitrogen and oxygen atoms in total. The first-order valence-corrected chi connectivity index (χ1v) is 6.05. The summed E-state index contributed by atoms with van der Waals surface area (Å²) < 4.78 is 1.69. The summed E-state index contributed by atoms with van der Waals surface area (Å²) in [4.78, 5) is 14.1. The molecule has 0 aromatic carbocycles. The van der Waals surface area contributed by atoms with Crippen LogP contribution < -0.4 is 0 Å². The Hall–Kier alpha value is -1.03. The Labute approximate surface area is 100 Å². The summed E-state index contributed by atoms with van der Waals surface area (Å²) in [5.41, 5.74) is 1.27. The van der Waals surface area contributed by atoms with E-state index in [2.05, 4.69) is 5.10 Å². The number of aryl methyl sites for hydroxylation is 2. The van der Waals surface area contributed by atoms with Gasteiger partial charge in [-0.2, -0.15) is 5.10 Å². The first-order chi connectivity index (χ1) is 7.65. The minimum absolute atomic E-state index is 0.0185. The van der Waals surface area contributed by atoms with Crippen LogP contribution in [0.4, 0.5) is 0 Å². The fourth-order valence-electron chi connectivity index (χ4n) is 2.06. The van der Waals surface area contributed by atoms with E-state index in [4.69, 9.17) is 11.6 Å². The zero-order valence-corrected chi connectivity index (χ0v) is 10.4. The highest BCUT2D eigenvalue weighted by Gasteiger charge is 2.26. The first kappa shape index (κ1) is 11.5. The summed E-state index contributed by atoms with van der Waals surface area (Å²) >= 11 is 6.14. The van der Waals surface area contributed by atoms with Gasteiger partial charge in [-0.1, -0.05) is 11.6 Å². The maximum Gasteiger partial charge on any atom is 0.273 e. The second-order valence-electron chi connectivity index (χ2n) is 4.06. The van der Waals surface area contributed by atoms with Crippen LogP contribution >= 0.6 is 11.6 Å². The number of amides is 1. The smallest absolute Gasteiger partial charge is 0.273 e. The molecule has 5 heteroatoms. The van der Waals surface area contributed by atoms with Crippen molar-refractivity contribution in [1.82, 2.24) is 14.7 Å². The molecule has 2 rings (SSSR count). The van der Waals surface area contributed by atoms with Crippen molar-refractivity contribution in [3.63, 3.8) is 0 Å². The van der Waals surface area contributed by atoms with Gasteiger partial charge in [-0.15, -0.1) is 0 Å². The molecule has 1 fully saturated rings. The zero-order valence-electron chi connectivity index (χ0n) is 9.66. The van der Waals surface area contributed by atoms with Crippen molar-refractivity contribution >= 4 is 17.5 Å². The zero-order chi connectivity index (χ0) is 11.7. The van der Waals surface area contributed by atoms with Crippen molar-refractivity contribution in [2.45, 2.75) is 33.2 Å². The van der Waals surface area contributed by atoms with Crippen LogP contribution in [0.15, 0.2) is 0 Å². The van der Waals surface area contributed by atoms with Gasteiger partial charge in [0.15, 0.2) is 0 Å². The minimum Gasteiger partial charge on any atom is -0.337 e. The molecule has 1 aliphatic heterocycles. The van der Waals surface area contributed by atoms with E-state index in [1.165, 1.54) is 0 Å². The fraction of sp³-hybridized carbons (Fsp3) is 0.636. The number of hydrogen-bond donors (Lipinski definition) is 0. The first-order valence-electron chi connectivity index (χ1n) is 5.67. The lowest BCUT2D eigenvalue weighted by atomic mass is 10.3. The molecule has 0 bridgehead atoms. The Morgan fingerprint density at radius 2 is 2.06 bits per heavy atom. The third-order valence-corrected chi connectivity index (χ3v) is 3.40. The van der Waals surface area contributed by atoms with Crippen molar-refractivity contribution in [3.8, 4) is 0 Å². The Balaban J connectivity index is 2.34. The van der Waals surface area contributed by atoms with E-state index in [-0.39, 0.29) is 5.91 Å². The molecular formula is C11H16ClN3O. The average Bonchev–Trinajstić information content (AvgIpc) is 2.88. The standard InChI is InChI=1S/C11H16ClN3O/c1-3-15-10(9(12)8(2)13-15)11(16)14-6-4-5-7-14/h3-7H2,1-2H3. The number of carbonyl (C=O) groups excluding carboxylic acids is 1. The van der Waals surface area contributed by atoms with Crippen LogP contribution in [-0.4, -0.2) is 33.7 Å². The van der Waals surface area contributed by atoms with Crippen LogP contribution in [0, 0.1) is 6.92 Å². The predicted octanol–water partition coefficient (Wildman–Crippen LogP) is 2.10. The second kappa shape index (κ2) is 4.45. The highest BCUT2D eigenvalue weighted by atomic mass is 35.5. The van der Waals surface area contributed by atoms with Crippen LogP contribution in [0.5, 0.6) is 0 Å². The molecule has 1 saturated heterocycles. The lowest BCUT2D eigenvalue weighted by molar-refractivity contribution is 0.0780. The Kier molecular flexibility index (Phi) is 3.19. The van der Waals surface area contributed by atoms with Crippen molar-refractivity contribution in [2.24, 2.45) is 0 Å².